The number of carboxylic acids is 1. The molecule has 0 fully saturated rings. The van der Waals surface area contributed by atoms with Gasteiger partial charge in [-0.15, -0.1) is 0 Å². The van der Waals surface area contributed by atoms with E-state index in [9.17, 15) is 9.90 Å². The zero-order valence-corrected chi connectivity index (χ0v) is 17.2. The first kappa shape index (κ1) is 21.0. The highest BCUT2D eigenvalue weighted by Gasteiger charge is 2.49. The van der Waals surface area contributed by atoms with Gasteiger partial charge in [0, 0.05) is 29.0 Å². The minimum Gasteiger partial charge on any atom is -0.478 e. The summed E-state index contributed by atoms with van der Waals surface area (Å²) in [4.78, 5) is 20.6. The van der Waals surface area contributed by atoms with E-state index in [-0.39, 0.29) is 6.01 Å². The number of aromatic nitrogens is 2. The summed E-state index contributed by atoms with van der Waals surface area (Å²) in [6.45, 7) is 1.76. The second kappa shape index (κ2) is 8.78. The van der Waals surface area contributed by atoms with Gasteiger partial charge in [-0.2, -0.15) is 0 Å². The van der Waals surface area contributed by atoms with E-state index in [0.29, 0.717) is 26.9 Å². The number of halogens is 2. The highest BCUT2D eigenvalue weighted by molar-refractivity contribution is 6.30. The van der Waals surface area contributed by atoms with Crippen LogP contribution in [-0.2, 0) is 15.1 Å². The molecule has 0 spiro atoms. The summed E-state index contributed by atoms with van der Waals surface area (Å²) in [7, 11) is 1.42. The molecule has 0 unspecified atom stereocenters. The molecule has 1 aromatic heterocycles. The molecule has 3 aromatic rings. The molecule has 0 aliphatic rings. The van der Waals surface area contributed by atoms with Gasteiger partial charge in [-0.1, -0.05) is 47.5 Å². The maximum atomic E-state index is 12.4. The Kier molecular flexibility index (Phi) is 6.37. The Bertz CT molecular complexity index is 949. The minimum atomic E-state index is -1.52. The fourth-order valence-corrected chi connectivity index (χ4v) is 3.35. The van der Waals surface area contributed by atoms with Gasteiger partial charge in [0.2, 0.25) is 6.10 Å². The first-order valence-corrected chi connectivity index (χ1v) is 9.38. The van der Waals surface area contributed by atoms with E-state index in [4.69, 9.17) is 32.7 Å². The average Bonchev–Trinajstić information content (AvgIpc) is 2.70. The van der Waals surface area contributed by atoms with E-state index in [1.165, 1.54) is 13.3 Å². The number of aliphatic carboxylic acids is 1. The molecule has 0 saturated heterocycles. The predicted octanol–water partition coefficient (Wildman–Crippen LogP) is 4.51. The van der Waals surface area contributed by atoms with Crippen molar-refractivity contribution in [3.63, 3.8) is 0 Å². The number of ether oxygens (including phenoxy) is 2. The van der Waals surface area contributed by atoms with Crippen molar-refractivity contribution in [1.82, 2.24) is 9.97 Å². The largest absolute Gasteiger partial charge is 0.478 e. The number of hydrogen-bond donors (Lipinski definition) is 1. The molecule has 0 bridgehead atoms. The standard InChI is InChI=1S/C21H18Cl2N2O4/c1-13-11-12-24-20(25-13)29-18(19(26)27)21(28-2,14-3-7-16(22)8-4-14)15-5-9-17(23)10-6-15/h3-12,18H,1-2H3,(H,26,27)/t18-/m1/s1. The lowest BCUT2D eigenvalue weighted by Crippen LogP contribution is -2.50. The summed E-state index contributed by atoms with van der Waals surface area (Å²) in [5.74, 6) is -1.25. The fourth-order valence-electron chi connectivity index (χ4n) is 3.10. The van der Waals surface area contributed by atoms with Gasteiger partial charge in [0.15, 0.2) is 5.60 Å². The first-order chi connectivity index (χ1) is 13.9. The second-order valence-electron chi connectivity index (χ2n) is 6.27. The molecule has 2 aromatic carbocycles. The number of hydrogen-bond acceptors (Lipinski definition) is 5. The van der Waals surface area contributed by atoms with Crippen LogP contribution in [0.4, 0.5) is 0 Å². The van der Waals surface area contributed by atoms with Gasteiger partial charge < -0.3 is 14.6 Å². The quantitative estimate of drug-likeness (QED) is 0.591. The number of rotatable bonds is 7. The number of benzene rings is 2. The zero-order valence-electron chi connectivity index (χ0n) is 15.7. The van der Waals surface area contributed by atoms with Gasteiger partial charge >= 0.3 is 12.0 Å². The molecule has 0 amide bonds. The van der Waals surface area contributed by atoms with E-state index in [1.807, 2.05) is 0 Å². The van der Waals surface area contributed by atoms with Crippen LogP contribution in [0.15, 0.2) is 60.8 Å². The molecule has 150 valence electrons. The van der Waals surface area contributed by atoms with Crippen molar-refractivity contribution in [2.45, 2.75) is 18.6 Å². The van der Waals surface area contributed by atoms with E-state index in [1.54, 1.807) is 61.5 Å². The third-order valence-electron chi connectivity index (χ3n) is 4.46. The van der Waals surface area contributed by atoms with Crippen molar-refractivity contribution in [3.05, 3.63) is 87.7 Å². The maximum Gasteiger partial charge on any atom is 0.348 e. The van der Waals surface area contributed by atoms with Crippen molar-refractivity contribution in [1.29, 1.82) is 0 Å². The monoisotopic (exact) mass is 432 g/mol. The molecule has 3 rings (SSSR count). The van der Waals surface area contributed by atoms with Crippen LogP contribution >= 0.6 is 23.2 Å². The third kappa shape index (κ3) is 4.34. The Labute approximate surface area is 178 Å². The summed E-state index contributed by atoms with van der Waals surface area (Å²) in [5, 5.41) is 11.1. The fraction of sp³-hybridized carbons (Fsp3) is 0.190. The second-order valence-corrected chi connectivity index (χ2v) is 7.14. The van der Waals surface area contributed by atoms with Crippen molar-refractivity contribution in [2.75, 3.05) is 7.11 Å². The molecule has 1 atom stereocenters. The van der Waals surface area contributed by atoms with E-state index in [0.717, 1.165) is 0 Å². The molecule has 6 nitrogen and oxygen atoms in total. The van der Waals surface area contributed by atoms with Gasteiger partial charge in [-0.25, -0.2) is 14.8 Å². The van der Waals surface area contributed by atoms with E-state index < -0.39 is 17.7 Å². The van der Waals surface area contributed by atoms with Gasteiger partial charge in [-0.3, -0.25) is 0 Å². The SMILES string of the molecule is COC(c1ccc(Cl)cc1)(c1ccc(Cl)cc1)[C@H](Oc1nccc(C)n1)C(=O)O. The molecular weight excluding hydrogens is 415 g/mol. The topological polar surface area (TPSA) is 81.5 Å². The molecule has 29 heavy (non-hydrogen) atoms. The molecule has 0 aliphatic heterocycles. The van der Waals surface area contributed by atoms with Crippen molar-refractivity contribution in [3.8, 4) is 6.01 Å². The van der Waals surface area contributed by atoms with Crippen LogP contribution in [0.25, 0.3) is 0 Å². The van der Waals surface area contributed by atoms with Crippen LogP contribution in [0.5, 0.6) is 6.01 Å². The van der Waals surface area contributed by atoms with Crippen molar-refractivity contribution in [2.24, 2.45) is 0 Å². The Morgan fingerprint density at radius 3 is 1.93 bits per heavy atom. The Morgan fingerprint density at radius 1 is 1.00 bits per heavy atom. The lowest BCUT2D eigenvalue weighted by Gasteiger charge is -2.37. The van der Waals surface area contributed by atoms with E-state index in [2.05, 4.69) is 9.97 Å². The third-order valence-corrected chi connectivity index (χ3v) is 4.96. The molecular formula is C21H18Cl2N2O4. The number of aryl methyl sites for hydroxylation is 1. The molecule has 0 radical (unpaired) electrons. The lowest BCUT2D eigenvalue weighted by atomic mass is 9.81. The highest BCUT2D eigenvalue weighted by Crippen LogP contribution is 2.39. The van der Waals surface area contributed by atoms with Gasteiger partial charge in [0.25, 0.3) is 0 Å². The van der Waals surface area contributed by atoms with Crippen LogP contribution in [0.1, 0.15) is 16.8 Å². The average molecular weight is 433 g/mol. The molecule has 8 heteroatoms. The van der Waals surface area contributed by atoms with Crippen LogP contribution in [0.2, 0.25) is 10.0 Å². The van der Waals surface area contributed by atoms with Crippen LogP contribution in [-0.4, -0.2) is 34.3 Å². The minimum absolute atomic E-state index is 0.0678. The first-order valence-electron chi connectivity index (χ1n) is 8.63. The van der Waals surface area contributed by atoms with Crippen LogP contribution in [0.3, 0.4) is 0 Å². The Hall–Kier alpha value is -2.67. The zero-order chi connectivity index (χ0) is 21.0. The smallest absolute Gasteiger partial charge is 0.348 e. The lowest BCUT2D eigenvalue weighted by molar-refractivity contribution is -0.160. The number of carbonyl (C=O) groups is 1. The van der Waals surface area contributed by atoms with Gasteiger partial charge in [0.05, 0.1) is 0 Å². The van der Waals surface area contributed by atoms with Crippen LogP contribution in [0, 0.1) is 6.92 Å². The van der Waals surface area contributed by atoms with Crippen molar-refractivity contribution >= 4 is 29.2 Å². The molecule has 1 heterocycles. The van der Waals surface area contributed by atoms with Crippen LogP contribution < -0.4 is 4.74 Å². The highest BCUT2D eigenvalue weighted by atomic mass is 35.5. The number of nitrogens with zero attached hydrogens (tertiary/aromatic N) is 2. The molecule has 0 saturated carbocycles. The summed E-state index contributed by atoms with van der Waals surface area (Å²) in [5.41, 5.74) is 0.187. The summed E-state index contributed by atoms with van der Waals surface area (Å²) in [6.07, 6.45) is -0.00743. The molecule has 1 N–H and O–H groups in total. The summed E-state index contributed by atoms with van der Waals surface area (Å²) >= 11 is 12.1. The predicted molar refractivity (Wildman–Crippen MR) is 110 cm³/mol. The molecule has 0 aliphatic carbocycles. The van der Waals surface area contributed by atoms with Crippen molar-refractivity contribution < 1.29 is 19.4 Å². The Balaban J connectivity index is 2.21. The Morgan fingerprint density at radius 2 is 1.52 bits per heavy atom. The maximum absolute atomic E-state index is 12.4. The number of carboxylic acid groups (broad SMARTS) is 1. The van der Waals surface area contributed by atoms with Gasteiger partial charge in [0.1, 0.15) is 0 Å². The number of methoxy groups -OCH3 is 1. The van der Waals surface area contributed by atoms with E-state index >= 15 is 0 Å². The van der Waals surface area contributed by atoms with Gasteiger partial charge in [-0.05, 0) is 48.4 Å². The summed E-state index contributed by atoms with van der Waals surface area (Å²) < 4.78 is 11.6. The summed E-state index contributed by atoms with van der Waals surface area (Å²) in [6, 6.07) is 15.0. The normalized spacial score (nSPS) is 12.4.